The number of thiophene rings is 1. The largest absolute Gasteiger partial charge is 0.459 e. The summed E-state index contributed by atoms with van der Waals surface area (Å²) in [6, 6.07) is 11.3. The third kappa shape index (κ3) is 2.89. The monoisotopic (exact) mass is 354 g/mol. The van der Waals surface area contributed by atoms with Gasteiger partial charge in [0, 0.05) is 11.3 Å². The summed E-state index contributed by atoms with van der Waals surface area (Å²) in [5.41, 5.74) is 2.70. The number of rotatable bonds is 3. The molecule has 3 heterocycles. The molecule has 25 heavy (non-hydrogen) atoms. The number of halogens is 1. The molecule has 0 bridgehead atoms. The number of carbonyl (C=O) groups is 1. The van der Waals surface area contributed by atoms with Crippen LogP contribution in [0.2, 0.25) is 0 Å². The van der Waals surface area contributed by atoms with Crippen molar-refractivity contribution in [2.45, 2.75) is 19.4 Å². The molecule has 3 aromatic rings. The number of hydrogen-bond acceptors (Lipinski definition) is 4. The molecule has 1 aromatic carbocycles. The number of carbonyl (C=O) groups excluding carboxylic acids is 1. The predicted molar refractivity (Wildman–Crippen MR) is 94.2 cm³/mol. The molecule has 1 unspecified atom stereocenters. The van der Waals surface area contributed by atoms with Gasteiger partial charge in [-0.3, -0.25) is 4.79 Å². The van der Waals surface area contributed by atoms with Crippen LogP contribution in [0.4, 0.5) is 4.39 Å². The van der Waals surface area contributed by atoms with E-state index in [9.17, 15) is 9.18 Å². The number of aryl methyl sites for hydroxylation is 1. The van der Waals surface area contributed by atoms with E-state index >= 15 is 0 Å². The molecule has 6 heteroatoms. The molecule has 0 aliphatic carbocycles. The van der Waals surface area contributed by atoms with Crippen molar-refractivity contribution in [3.63, 3.8) is 0 Å². The van der Waals surface area contributed by atoms with Gasteiger partial charge in [0.05, 0.1) is 18.0 Å². The number of nitrogens with zero attached hydrogens (tertiary/aromatic N) is 2. The van der Waals surface area contributed by atoms with Crippen molar-refractivity contribution < 1.29 is 13.6 Å². The van der Waals surface area contributed by atoms with Crippen molar-refractivity contribution in [1.82, 2.24) is 5.01 Å². The summed E-state index contributed by atoms with van der Waals surface area (Å²) in [4.78, 5) is 13.9. The fourth-order valence-electron chi connectivity index (χ4n) is 2.96. The maximum atomic E-state index is 13.2. The summed E-state index contributed by atoms with van der Waals surface area (Å²) in [6.45, 7) is 2.03. The molecule has 4 nitrogen and oxygen atoms in total. The second-order valence-corrected chi connectivity index (χ2v) is 6.82. The molecule has 0 fully saturated rings. The first-order valence-electron chi connectivity index (χ1n) is 7.88. The second kappa shape index (κ2) is 6.29. The van der Waals surface area contributed by atoms with Crippen LogP contribution in [-0.4, -0.2) is 16.6 Å². The summed E-state index contributed by atoms with van der Waals surface area (Å²) in [7, 11) is 0. The molecule has 0 spiro atoms. The summed E-state index contributed by atoms with van der Waals surface area (Å²) >= 11 is 1.61. The fourth-order valence-corrected chi connectivity index (χ4v) is 3.97. The summed E-state index contributed by atoms with van der Waals surface area (Å²) < 4.78 is 18.5. The molecule has 1 aliphatic heterocycles. The zero-order valence-corrected chi connectivity index (χ0v) is 14.3. The lowest BCUT2D eigenvalue weighted by molar-refractivity contribution is 0.0681. The van der Waals surface area contributed by atoms with Gasteiger partial charge in [-0.2, -0.15) is 5.10 Å². The highest BCUT2D eigenvalue weighted by atomic mass is 32.1. The van der Waals surface area contributed by atoms with Crippen LogP contribution in [0.1, 0.15) is 39.0 Å². The van der Waals surface area contributed by atoms with E-state index in [2.05, 4.69) is 5.10 Å². The van der Waals surface area contributed by atoms with E-state index in [-0.39, 0.29) is 23.5 Å². The minimum atomic E-state index is -0.295. The number of furan rings is 1. The minimum absolute atomic E-state index is 0.183. The maximum absolute atomic E-state index is 13.2. The molecule has 126 valence electrons. The SMILES string of the molecule is Cc1ccsc1C1CC(c2ccc(F)cc2)=NN1C(=O)c1ccco1. The van der Waals surface area contributed by atoms with Crippen molar-refractivity contribution in [3.05, 3.63) is 81.7 Å². The lowest BCUT2D eigenvalue weighted by Crippen LogP contribution is -2.26. The van der Waals surface area contributed by atoms with E-state index in [0.29, 0.717) is 6.42 Å². The Balaban J connectivity index is 1.73. The average Bonchev–Trinajstić information content (AvgIpc) is 3.35. The molecular weight excluding hydrogens is 339 g/mol. The predicted octanol–water partition coefficient (Wildman–Crippen LogP) is 4.78. The van der Waals surface area contributed by atoms with Crippen molar-refractivity contribution in [3.8, 4) is 0 Å². The molecule has 0 radical (unpaired) electrons. The van der Waals surface area contributed by atoms with E-state index in [1.165, 1.54) is 23.4 Å². The summed E-state index contributed by atoms with van der Waals surface area (Å²) in [5, 5.41) is 8.04. The first kappa shape index (κ1) is 15.8. The Morgan fingerprint density at radius 3 is 2.72 bits per heavy atom. The van der Waals surface area contributed by atoms with Crippen LogP contribution in [0.25, 0.3) is 0 Å². The van der Waals surface area contributed by atoms with Crippen molar-refractivity contribution in [2.75, 3.05) is 0 Å². The molecule has 1 aliphatic rings. The number of hydrogen-bond donors (Lipinski definition) is 0. The van der Waals surface area contributed by atoms with Crippen molar-refractivity contribution in [2.24, 2.45) is 5.10 Å². The van der Waals surface area contributed by atoms with Crippen LogP contribution in [0.5, 0.6) is 0 Å². The molecule has 1 atom stereocenters. The second-order valence-electron chi connectivity index (χ2n) is 5.87. The van der Waals surface area contributed by atoms with Crippen LogP contribution < -0.4 is 0 Å². The molecule has 2 aromatic heterocycles. The first-order chi connectivity index (χ1) is 12.1. The highest BCUT2D eigenvalue weighted by Crippen LogP contribution is 2.38. The normalized spacial score (nSPS) is 17.0. The third-order valence-corrected chi connectivity index (χ3v) is 5.35. The highest BCUT2D eigenvalue weighted by molar-refractivity contribution is 7.10. The molecular formula is C19H15FN2O2S. The van der Waals surface area contributed by atoms with Crippen molar-refractivity contribution >= 4 is 23.0 Å². The van der Waals surface area contributed by atoms with Gasteiger partial charge in [-0.15, -0.1) is 11.3 Å². The van der Waals surface area contributed by atoms with E-state index < -0.39 is 0 Å². The van der Waals surface area contributed by atoms with Gasteiger partial charge < -0.3 is 4.42 Å². The Hall–Kier alpha value is -2.73. The minimum Gasteiger partial charge on any atom is -0.459 e. The van der Waals surface area contributed by atoms with Gasteiger partial charge in [0.25, 0.3) is 0 Å². The third-order valence-electron chi connectivity index (χ3n) is 4.23. The van der Waals surface area contributed by atoms with E-state index in [1.54, 1.807) is 35.6 Å². The summed E-state index contributed by atoms with van der Waals surface area (Å²) in [6.07, 6.45) is 2.05. The number of benzene rings is 1. The summed E-state index contributed by atoms with van der Waals surface area (Å²) in [5.74, 6) is -0.320. The standard InChI is InChI=1S/C19H15FN2O2S/c1-12-8-10-25-18(12)16-11-15(13-4-6-14(20)7-5-13)21-22(16)19(23)17-3-2-9-24-17/h2-10,16H,11H2,1H3. The van der Waals surface area contributed by atoms with Gasteiger partial charge in [0.2, 0.25) is 0 Å². The average molecular weight is 354 g/mol. The Bertz CT molecular complexity index is 929. The number of hydrazone groups is 1. The fraction of sp³-hybridized carbons (Fsp3) is 0.158. The Morgan fingerprint density at radius 1 is 1.28 bits per heavy atom. The topological polar surface area (TPSA) is 45.8 Å². The maximum Gasteiger partial charge on any atom is 0.310 e. The smallest absolute Gasteiger partial charge is 0.310 e. The molecule has 0 N–H and O–H groups in total. The van der Waals surface area contributed by atoms with Gasteiger partial charge in [0.1, 0.15) is 5.82 Å². The molecule has 0 saturated carbocycles. The van der Waals surface area contributed by atoms with Gasteiger partial charge in [-0.25, -0.2) is 9.40 Å². The van der Waals surface area contributed by atoms with Crippen molar-refractivity contribution in [1.29, 1.82) is 0 Å². The first-order valence-corrected chi connectivity index (χ1v) is 8.76. The zero-order chi connectivity index (χ0) is 17.4. The Labute approximate surface area is 148 Å². The quantitative estimate of drug-likeness (QED) is 0.679. The van der Waals surface area contributed by atoms with Gasteiger partial charge in [-0.05, 0) is 53.8 Å². The van der Waals surface area contributed by atoms with Gasteiger partial charge in [0.15, 0.2) is 5.76 Å². The lowest BCUT2D eigenvalue weighted by atomic mass is 10.0. The number of amides is 1. The van der Waals surface area contributed by atoms with Crippen LogP contribution >= 0.6 is 11.3 Å². The van der Waals surface area contributed by atoms with Gasteiger partial charge in [-0.1, -0.05) is 12.1 Å². The lowest BCUT2D eigenvalue weighted by Gasteiger charge is -2.20. The van der Waals surface area contributed by atoms with E-state index in [1.807, 2.05) is 18.4 Å². The molecule has 0 saturated heterocycles. The van der Waals surface area contributed by atoms with Crippen LogP contribution in [0.3, 0.4) is 0 Å². The molecule has 4 rings (SSSR count). The zero-order valence-electron chi connectivity index (χ0n) is 13.5. The Morgan fingerprint density at radius 2 is 2.08 bits per heavy atom. The van der Waals surface area contributed by atoms with Gasteiger partial charge >= 0.3 is 5.91 Å². The van der Waals surface area contributed by atoms with Crippen LogP contribution in [0.15, 0.2) is 63.6 Å². The van der Waals surface area contributed by atoms with Crippen LogP contribution in [-0.2, 0) is 0 Å². The Kier molecular flexibility index (Phi) is 3.97. The van der Waals surface area contributed by atoms with Crippen LogP contribution in [0, 0.1) is 12.7 Å². The molecule has 1 amide bonds. The van der Waals surface area contributed by atoms with E-state index in [0.717, 1.165) is 21.7 Å². The van der Waals surface area contributed by atoms with E-state index in [4.69, 9.17) is 4.42 Å². The highest BCUT2D eigenvalue weighted by Gasteiger charge is 2.36.